The largest absolute Gasteiger partial charge is 0.497 e. The van der Waals surface area contributed by atoms with E-state index in [1.165, 1.54) is 0 Å². The quantitative estimate of drug-likeness (QED) is 0.821. The topological polar surface area (TPSA) is 56.7 Å². The van der Waals surface area contributed by atoms with Crippen molar-refractivity contribution in [3.63, 3.8) is 0 Å². The fourth-order valence-electron chi connectivity index (χ4n) is 3.80. The van der Waals surface area contributed by atoms with Crippen LogP contribution in [-0.2, 0) is 4.74 Å². The third-order valence-electron chi connectivity index (χ3n) is 5.30. The first-order chi connectivity index (χ1) is 12.8. The second-order valence-corrected chi connectivity index (χ2v) is 6.85. The maximum absolute atomic E-state index is 6.03. The predicted octanol–water partition coefficient (Wildman–Crippen LogP) is 3.25. The van der Waals surface area contributed by atoms with Gasteiger partial charge in [0.25, 0.3) is 0 Å². The number of methoxy groups -OCH3 is 1. The molecule has 2 aliphatic rings. The molecule has 4 rings (SSSR count). The molecule has 3 heterocycles. The van der Waals surface area contributed by atoms with Gasteiger partial charge in [-0.25, -0.2) is 4.98 Å². The van der Waals surface area contributed by atoms with Gasteiger partial charge in [0.1, 0.15) is 17.2 Å². The van der Waals surface area contributed by atoms with E-state index >= 15 is 0 Å². The van der Waals surface area contributed by atoms with E-state index in [9.17, 15) is 0 Å². The molecule has 2 aromatic rings. The third kappa shape index (κ3) is 3.81. The summed E-state index contributed by atoms with van der Waals surface area (Å²) in [6.45, 7) is 3.94. The molecule has 1 aromatic carbocycles. The van der Waals surface area contributed by atoms with E-state index in [4.69, 9.17) is 14.2 Å². The molecule has 0 spiro atoms. The number of nitrogens with zero attached hydrogens (tertiary/aromatic N) is 3. The molecular formula is C20H25N3O3. The van der Waals surface area contributed by atoms with Gasteiger partial charge < -0.3 is 14.2 Å². The van der Waals surface area contributed by atoms with Gasteiger partial charge in [0.05, 0.1) is 13.7 Å². The average molecular weight is 355 g/mol. The van der Waals surface area contributed by atoms with Crippen LogP contribution in [0.25, 0.3) is 0 Å². The zero-order valence-electron chi connectivity index (χ0n) is 15.1. The smallest absolute Gasteiger partial charge is 0.241 e. The molecule has 2 fully saturated rings. The molecular weight excluding hydrogens is 330 g/mol. The fraction of sp³-hybridized carbons (Fsp3) is 0.500. The van der Waals surface area contributed by atoms with E-state index in [0.717, 1.165) is 62.8 Å². The van der Waals surface area contributed by atoms with Gasteiger partial charge in [-0.1, -0.05) is 0 Å². The summed E-state index contributed by atoms with van der Waals surface area (Å²) in [5.41, 5.74) is 0.964. The van der Waals surface area contributed by atoms with Crippen molar-refractivity contribution in [2.24, 2.45) is 0 Å². The first kappa shape index (κ1) is 17.2. The number of ether oxygens (including phenoxy) is 3. The molecule has 26 heavy (non-hydrogen) atoms. The molecule has 6 nitrogen and oxygen atoms in total. The Morgan fingerprint density at radius 3 is 2.42 bits per heavy atom. The molecule has 0 radical (unpaired) electrons. The Labute approximate surface area is 154 Å². The Morgan fingerprint density at radius 1 is 1.00 bits per heavy atom. The van der Waals surface area contributed by atoms with E-state index in [0.29, 0.717) is 17.8 Å². The highest BCUT2D eigenvalue weighted by atomic mass is 16.5. The van der Waals surface area contributed by atoms with Crippen LogP contribution in [0.1, 0.15) is 30.9 Å². The molecule has 0 N–H and O–H groups in total. The number of hydrogen-bond donors (Lipinski definition) is 0. The Balaban J connectivity index is 1.44. The minimum Gasteiger partial charge on any atom is -0.497 e. The van der Waals surface area contributed by atoms with Crippen LogP contribution in [0.15, 0.2) is 36.7 Å². The lowest BCUT2D eigenvalue weighted by Gasteiger charge is -2.35. The van der Waals surface area contributed by atoms with Gasteiger partial charge in [-0.05, 0) is 56.6 Å². The maximum atomic E-state index is 6.03. The van der Waals surface area contributed by atoms with Gasteiger partial charge in [0, 0.05) is 31.0 Å². The first-order valence-electron chi connectivity index (χ1n) is 9.28. The van der Waals surface area contributed by atoms with Crippen LogP contribution in [0, 0.1) is 0 Å². The molecule has 0 amide bonds. The SMILES string of the molecule is COc1ccc(Oc2nccnc2C2CCN([C@H]3CCOC3)CC2)cc1. The summed E-state index contributed by atoms with van der Waals surface area (Å²) in [5.74, 6) is 2.55. The van der Waals surface area contributed by atoms with Crippen LogP contribution >= 0.6 is 0 Å². The van der Waals surface area contributed by atoms with Crippen LogP contribution in [0.5, 0.6) is 17.4 Å². The lowest BCUT2D eigenvalue weighted by molar-refractivity contribution is 0.121. The Morgan fingerprint density at radius 2 is 1.73 bits per heavy atom. The molecule has 2 saturated heterocycles. The average Bonchev–Trinajstić information content (AvgIpc) is 3.24. The molecule has 138 valence electrons. The molecule has 1 aromatic heterocycles. The minimum atomic E-state index is 0.385. The van der Waals surface area contributed by atoms with Crippen molar-refractivity contribution in [1.29, 1.82) is 0 Å². The standard InChI is InChI=1S/C20H25N3O3/c1-24-17-2-4-18(5-3-17)26-20-19(21-9-10-22-20)15-6-11-23(12-7-15)16-8-13-25-14-16/h2-5,9-10,15-16H,6-8,11-14H2,1H3/t16-/m0/s1. The molecule has 1 atom stereocenters. The van der Waals surface area contributed by atoms with E-state index in [1.807, 2.05) is 24.3 Å². The van der Waals surface area contributed by atoms with E-state index in [2.05, 4.69) is 14.9 Å². The monoisotopic (exact) mass is 355 g/mol. The highest BCUT2D eigenvalue weighted by Crippen LogP contribution is 2.34. The summed E-state index contributed by atoms with van der Waals surface area (Å²) in [6, 6.07) is 8.13. The summed E-state index contributed by atoms with van der Waals surface area (Å²) in [5, 5.41) is 0. The van der Waals surface area contributed by atoms with E-state index in [-0.39, 0.29) is 0 Å². The number of benzene rings is 1. The number of piperidine rings is 1. The van der Waals surface area contributed by atoms with Crippen molar-refractivity contribution in [2.45, 2.75) is 31.2 Å². The van der Waals surface area contributed by atoms with Crippen LogP contribution in [0.4, 0.5) is 0 Å². The van der Waals surface area contributed by atoms with Gasteiger partial charge in [0.15, 0.2) is 0 Å². The number of aromatic nitrogens is 2. The van der Waals surface area contributed by atoms with Crippen molar-refractivity contribution in [3.8, 4) is 17.4 Å². The zero-order chi connectivity index (χ0) is 17.8. The molecule has 0 unspecified atom stereocenters. The van der Waals surface area contributed by atoms with Crippen molar-refractivity contribution in [2.75, 3.05) is 33.4 Å². The van der Waals surface area contributed by atoms with Gasteiger partial charge in [-0.15, -0.1) is 0 Å². The number of hydrogen-bond acceptors (Lipinski definition) is 6. The normalized spacial score (nSPS) is 21.7. The van der Waals surface area contributed by atoms with Crippen molar-refractivity contribution < 1.29 is 14.2 Å². The zero-order valence-corrected chi connectivity index (χ0v) is 15.1. The van der Waals surface area contributed by atoms with E-state index in [1.54, 1.807) is 19.5 Å². The van der Waals surface area contributed by atoms with E-state index < -0.39 is 0 Å². The van der Waals surface area contributed by atoms with Crippen LogP contribution in [0.2, 0.25) is 0 Å². The third-order valence-corrected chi connectivity index (χ3v) is 5.30. The van der Waals surface area contributed by atoms with Crippen molar-refractivity contribution in [3.05, 3.63) is 42.4 Å². The second kappa shape index (κ2) is 8.01. The first-order valence-corrected chi connectivity index (χ1v) is 9.28. The predicted molar refractivity (Wildman–Crippen MR) is 97.9 cm³/mol. The Kier molecular flexibility index (Phi) is 5.32. The molecule has 2 aliphatic heterocycles. The summed E-state index contributed by atoms with van der Waals surface area (Å²) < 4.78 is 16.8. The van der Waals surface area contributed by atoms with Crippen LogP contribution in [0.3, 0.4) is 0 Å². The fourth-order valence-corrected chi connectivity index (χ4v) is 3.80. The number of rotatable bonds is 5. The highest BCUT2D eigenvalue weighted by Gasteiger charge is 2.30. The molecule has 6 heteroatoms. The lowest BCUT2D eigenvalue weighted by Crippen LogP contribution is -2.41. The minimum absolute atomic E-state index is 0.385. The van der Waals surface area contributed by atoms with Crippen molar-refractivity contribution >= 4 is 0 Å². The summed E-state index contributed by atoms with van der Waals surface area (Å²) in [4.78, 5) is 11.6. The van der Waals surface area contributed by atoms with Crippen LogP contribution < -0.4 is 9.47 Å². The molecule has 0 bridgehead atoms. The van der Waals surface area contributed by atoms with Crippen LogP contribution in [-0.4, -0.2) is 54.3 Å². The maximum Gasteiger partial charge on any atom is 0.241 e. The van der Waals surface area contributed by atoms with Gasteiger partial charge in [-0.2, -0.15) is 0 Å². The molecule has 0 saturated carbocycles. The summed E-state index contributed by atoms with van der Waals surface area (Å²) >= 11 is 0. The Hall–Kier alpha value is -2.18. The molecule has 0 aliphatic carbocycles. The second-order valence-electron chi connectivity index (χ2n) is 6.85. The van der Waals surface area contributed by atoms with Gasteiger partial charge in [-0.3, -0.25) is 9.88 Å². The summed E-state index contributed by atoms with van der Waals surface area (Å²) in [6.07, 6.45) is 6.75. The summed E-state index contributed by atoms with van der Waals surface area (Å²) in [7, 11) is 1.65. The van der Waals surface area contributed by atoms with Gasteiger partial charge in [0.2, 0.25) is 5.88 Å². The Bertz CT molecular complexity index is 708. The van der Waals surface area contributed by atoms with Gasteiger partial charge >= 0.3 is 0 Å². The highest BCUT2D eigenvalue weighted by molar-refractivity contribution is 5.35. The lowest BCUT2D eigenvalue weighted by atomic mass is 9.92. The van der Waals surface area contributed by atoms with Crippen molar-refractivity contribution in [1.82, 2.24) is 14.9 Å². The number of likely N-dealkylation sites (tertiary alicyclic amines) is 1.